The second-order valence-electron chi connectivity index (χ2n) is 5.41. The maximum absolute atomic E-state index is 13.6. The largest absolute Gasteiger partial charge is 0.322 e. The summed E-state index contributed by atoms with van der Waals surface area (Å²) in [5.74, 6) is -1.94. The number of amides is 2. The van der Waals surface area contributed by atoms with Crippen molar-refractivity contribution in [1.82, 2.24) is 0 Å². The fourth-order valence-electron chi connectivity index (χ4n) is 2.57. The van der Waals surface area contributed by atoms with Gasteiger partial charge in [-0.05, 0) is 59.3 Å². The molecule has 0 aliphatic carbocycles. The molecule has 1 aliphatic heterocycles. The number of benzene rings is 2. The van der Waals surface area contributed by atoms with Gasteiger partial charge in [0, 0.05) is 29.9 Å². The van der Waals surface area contributed by atoms with Gasteiger partial charge >= 0.3 is 0 Å². The highest BCUT2D eigenvalue weighted by atomic mass is 127. The predicted molar refractivity (Wildman–Crippen MR) is 95.1 cm³/mol. The van der Waals surface area contributed by atoms with Crippen LogP contribution in [0.3, 0.4) is 0 Å². The molecule has 0 aromatic heterocycles. The van der Waals surface area contributed by atoms with E-state index in [2.05, 4.69) is 5.32 Å². The van der Waals surface area contributed by atoms with Gasteiger partial charge in [0.2, 0.25) is 5.91 Å². The van der Waals surface area contributed by atoms with Gasteiger partial charge in [-0.15, -0.1) is 0 Å². The van der Waals surface area contributed by atoms with Crippen molar-refractivity contribution < 1.29 is 18.4 Å². The van der Waals surface area contributed by atoms with E-state index in [1.807, 2.05) is 0 Å². The summed E-state index contributed by atoms with van der Waals surface area (Å²) < 4.78 is 27.0. The molecule has 124 valence electrons. The Bertz CT molecular complexity index is 803. The van der Waals surface area contributed by atoms with Crippen LogP contribution in [0.15, 0.2) is 36.4 Å². The molecule has 1 saturated heterocycles. The number of nitrogens with zero attached hydrogens (tertiary/aromatic N) is 1. The molecule has 0 bridgehead atoms. The topological polar surface area (TPSA) is 49.4 Å². The summed E-state index contributed by atoms with van der Waals surface area (Å²) in [6.45, 7) is 0.622. The summed E-state index contributed by atoms with van der Waals surface area (Å²) in [7, 11) is 0. The van der Waals surface area contributed by atoms with E-state index in [0.29, 0.717) is 24.2 Å². The number of hydrogen-bond acceptors (Lipinski definition) is 2. The predicted octanol–water partition coefficient (Wildman–Crippen LogP) is 3.95. The van der Waals surface area contributed by atoms with E-state index in [1.54, 1.807) is 51.8 Å². The van der Waals surface area contributed by atoms with Crippen LogP contribution in [-0.4, -0.2) is 18.4 Å². The van der Waals surface area contributed by atoms with Crippen LogP contribution in [-0.2, 0) is 4.79 Å². The molecule has 24 heavy (non-hydrogen) atoms. The summed E-state index contributed by atoms with van der Waals surface area (Å²) in [5.41, 5.74) is 0.995. The molecule has 0 radical (unpaired) electrons. The lowest BCUT2D eigenvalue weighted by Crippen LogP contribution is -2.24. The maximum Gasteiger partial charge on any atom is 0.255 e. The fourth-order valence-corrected chi connectivity index (χ4v) is 2.88. The number of hydrogen-bond donors (Lipinski definition) is 1. The van der Waals surface area contributed by atoms with Crippen LogP contribution in [0.5, 0.6) is 0 Å². The van der Waals surface area contributed by atoms with Crippen molar-refractivity contribution in [2.75, 3.05) is 16.8 Å². The van der Waals surface area contributed by atoms with Gasteiger partial charge in [-0.25, -0.2) is 8.78 Å². The second kappa shape index (κ2) is 6.84. The quantitative estimate of drug-likeness (QED) is 0.579. The summed E-state index contributed by atoms with van der Waals surface area (Å²) >= 11 is 1.56. The van der Waals surface area contributed by atoms with E-state index in [9.17, 15) is 18.4 Å². The van der Waals surface area contributed by atoms with Crippen LogP contribution in [0.1, 0.15) is 23.2 Å². The van der Waals surface area contributed by atoms with E-state index in [0.717, 1.165) is 18.6 Å². The third kappa shape index (κ3) is 3.40. The van der Waals surface area contributed by atoms with Gasteiger partial charge in [0.1, 0.15) is 11.6 Å². The molecule has 7 heteroatoms. The zero-order chi connectivity index (χ0) is 17.3. The van der Waals surface area contributed by atoms with E-state index < -0.39 is 17.5 Å². The zero-order valence-corrected chi connectivity index (χ0v) is 14.6. The molecule has 1 fully saturated rings. The van der Waals surface area contributed by atoms with Gasteiger partial charge in [-0.3, -0.25) is 9.59 Å². The van der Waals surface area contributed by atoms with Crippen LogP contribution in [0.25, 0.3) is 0 Å². The summed E-state index contributed by atoms with van der Waals surface area (Å²) in [4.78, 5) is 25.7. The molecule has 3 rings (SSSR count). The van der Waals surface area contributed by atoms with Crippen LogP contribution in [0.4, 0.5) is 20.2 Å². The SMILES string of the molecule is O=C(Nc1cc(F)c(I)c(F)c1)c1cccc(N2CCCC2=O)c1. The second-order valence-corrected chi connectivity index (χ2v) is 6.49. The number of carbonyl (C=O) groups is 2. The van der Waals surface area contributed by atoms with Crippen molar-refractivity contribution in [1.29, 1.82) is 0 Å². The monoisotopic (exact) mass is 442 g/mol. The molecule has 0 unspecified atom stereocenters. The van der Waals surface area contributed by atoms with Gasteiger partial charge in [0.25, 0.3) is 5.91 Å². The highest BCUT2D eigenvalue weighted by Crippen LogP contribution is 2.24. The average Bonchev–Trinajstić information content (AvgIpc) is 2.98. The Morgan fingerprint density at radius 2 is 1.88 bits per heavy atom. The number of rotatable bonds is 3. The first-order valence-electron chi connectivity index (χ1n) is 7.32. The van der Waals surface area contributed by atoms with Crippen molar-refractivity contribution in [3.05, 3.63) is 57.2 Å². The first kappa shape index (κ1) is 16.8. The van der Waals surface area contributed by atoms with Crippen LogP contribution < -0.4 is 10.2 Å². The highest BCUT2D eigenvalue weighted by molar-refractivity contribution is 14.1. The number of halogens is 3. The minimum Gasteiger partial charge on any atom is -0.322 e. The third-order valence-electron chi connectivity index (χ3n) is 3.74. The Morgan fingerprint density at radius 3 is 2.50 bits per heavy atom. The van der Waals surface area contributed by atoms with Crippen molar-refractivity contribution in [3.63, 3.8) is 0 Å². The van der Waals surface area contributed by atoms with Gasteiger partial charge in [0.05, 0.1) is 3.57 Å². The van der Waals surface area contributed by atoms with E-state index in [4.69, 9.17) is 0 Å². The lowest BCUT2D eigenvalue weighted by atomic mass is 10.1. The van der Waals surface area contributed by atoms with Crippen molar-refractivity contribution in [2.45, 2.75) is 12.8 Å². The molecular formula is C17H13F2IN2O2. The molecule has 2 amide bonds. The average molecular weight is 442 g/mol. The summed E-state index contributed by atoms with van der Waals surface area (Å²) in [6.07, 6.45) is 1.29. The van der Waals surface area contributed by atoms with E-state index >= 15 is 0 Å². The third-order valence-corrected chi connectivity index (χ3v) is 4.77. The molecular weight excluding hydrogens is 429 g/mol. The first-order chi connectivity index (χ1) is 11.5. The van der Waals surface area contributed by atoms with Crippen LogP contribution >= 0.6 is 22.6 Å². The Morgan fingerprint density at radius 1 is 1.17 bits per heavy atom. The van der Waals surface area contributed by atoms with E-state index in [-0.39, 0.29) is 15.2 Å². The van der Waals surface area contributed by atoms with Gasteiger partial charge < -0.3 is 10.2 Å². The number of nitrogens with one attached hydrogen (secondary N) is 1. The standard InChI is InChI=1S/C17H13F2IN2O2/c18-13-8-11(9-14(19)16(13)20)21-17(24)10-3-1-4-12(7-10)22-6-2-5-15(22)23/h1,3-4,7-9H,2,5-6H2,(H,21,24). The van der Waals surface area contributed by atoms with Crippen LogP contribution in [0, 0.1) is 15.2 Å². The van der Waals surface area contributed by atoms with Crippen molar-refractivity contribution in [2.24, 2.45) is 0 Å². The minimum atomic E-state index is -0.734. The fraction of sp³-hybridized carbons (Fsp3) is 0.176. The zero-order valence-electron chi connectivity index (χ0n) is 12.5. The van der Waals surface area contributed by atoms with Crippen molar-refractivity contribution in [3.8, 4) is 0 Å². The molecule has 2 aromatic rings. The normalized spacial score (nSPS) is 14.1. The molecule has 1 heterocycles. The summed E-state index contributed by atoms with van der Waals surface area (Å²) in [6, 6.07) is 8.74. The Labute approximate surface area is 151 Å². The summed E-state index contributed by atoms with van der Waals surface area (Å²) in [5, 5.41) is 2.47. The molecule has 4 nitrogen and oxygen atoms in total. The Balaban J connectivity index is 1.82. The molecule has 0 saturated carbocycles. The maximum atomic E-state index is 13.6. The van der Waals surface area contributed by atoms with Gasteiger partial charge in [0.15, 0.2) is 0 Å². The molecule has 2 aromatic carbocycles. The molecule has 0 atom stereocenters. The van der Waals surface area contributed by atoms with Gasteiger partial charge in [-0.1, -0.05) is 6.07 Å². The lowest BCUT2D eigenvalue weighted by Gasteiger charge is -2.16. The lowest BCUT2D eigenvalue weighted by molar-refractivity contribution is -0.117. The van der Waals surface area contributed by atoms with E-state index in [1.165, 1.54) is 0 Å². The molecule has 1 aliphatic rings. The highest BCUT2D eigenvalue weighted by Gasteiger charge is 2.22. The smallest absolute Gasteiger partial charge is 0.255 e. The van der Waals surface area contributed by atoms with Gasteiger partial charge in [-0.2, -0.15) is 0 Å². The van der Waals surface area contributed by atoms with Crippen molar-refractivity contribution >= 4 is 45.8 Å². The van der Waals surface area contributed by atoms with Crippen LogP contribution in [0.2, 0.25) is 0 Å². The Kier molecular flexibility index (Phi) is 4.79. The minimum absolute atomic E-state index is 0.0225. The molecule has 1 N–H and O–H groups in total. The number of anilines is 2. The Hall–Kier alpha value is -2.03. The number of carbonyl (C=O) groups excluding carboxylic acids is 2. The molecule has 0 spiro atoms. The first-order valence-corrected chi connectivity index (χ1v) is 8.40.